The SMILES string of the molecule is CC(C)CONS(=O)(=O)c1cccc(Cl)c1. The van der Waals surface area contributed by atoms with Gasteiger partial charge in [0.25, 0.3) is 10.0 Å². The summed E-state index contributed by atoms with van der Waals surface area (Å²) in [6, 6.07) is 5.99. The van der Waals surface area contributed by atoms with E-state index in [1.165, 1.54) is 12.1 Å². The van der Waals surface area contributed by atoms with Gasteiger partial charge >= 0.3 is 0 Å². The first kappa shape index (κ1) is 13.4. The molecule has 0 aliphatic heterocycles. The lowest BCUT2D eigenvalue weighted by Crippen LogP contribution is -2.25. The van der Waals surface area contributed by atoms with Crippen LogP contribution in [0.2, 0.25) is 5.02 Å². The molecule has 1 rings (SSSR count). The van der Waals surface area contributed by atoms with Gasteiger partial charge in [-0.3, -0.25) is 4.84 Å². The second-order valence-corrected chi connectivity index (χ2v) is 5.83. The predicted molar refractivity (Wildman–Crippen MR) is 62.6 cm³/mol. The molecule has 90 valence electrons. The normalized spacial score (nSPS) is 12.0. The molecule has 6 heteroatoms. The molecule has 0 spiro atoms. The summed E-state index contributed by atoms with van der Waals surface area (Å²) in [5, 5.41) is 0.367. The number of nitrogens with one attached hydrogen (secondary N) is 1. The third-order valence-corrected chi connectivity index (χ3v) is 3.14. The lowest BCUT2D eigenvalue weighted by Gasteiger charge is -2.08. The summed E-state index contributed by atoms with van der Waals surface area (Å²) in [6.07, 6.45) is 0. The summed E-state index contributed by atoms with van der Waals surface area (Å²) in [5.41, 5.74) is 0. The maximum absolute atomic E-state index is 11.7. The molecule has 16 heavy (non-hydrogen) atoms. The van der Waals surface area contributed by atoms with Crippen LogP contribution in [0, 0.1) is 5.92 Å². The Labute approximate surface area is 101 Å². The van der Waals surface area contributed by atoms with Crippen LogP contribution in [-0.4, -0.2) is 15.0 Å². The molecule has 0 aromatic heterocycles. The molecule has 0 amide bonds. The Morgan fingerprint density at radius 3 is 2.69 bits per heavy atom. The van der Waals surface area contributed by atoms with E-state index in [2.05, 4.69) is 0 Å². The molecule has 0 aliphatic carbocycles. The van der Waals surface area contributed by atoms with Crippen molar-refractivity contribution in [1.29, 1.82) is 0 Å². The van der Waals surface area contributed by atoms with Crippen molar-refractivity contribution in [2.45, 2.75) is 18.7 Å². The van der Waals surface area contributed by atoms with Gasteiger partial charge in [0.2, 0.25) is 0 Å². The Morgan fingerprint density at radius 2 is 2.12 bits per heavy atom. The van der Waals surface area contributed by atoms with Crippen LogP contribution in [0.15, 0.2) is 29.2 Å². The number of rotatable bonds is 5. The average Bonchev–Trinajstić information content (AvgIpc) is 2.16. The quantitative estimate of drug-likeness (QED) is 0.829. The molecule has 4 nitrogen and oxygen atoms in total. The highest BCUT2D eigenvalue weighted by atomic mass is 35.5. The zero-order valence-electron chi connectivity index (χ0n) is 9.10. The number of hydrogen-bond acceptors (Lipinski definition) is 3. The van der Waals surface area contributed by atoms with Crippen LogP contribution in [-0.2, 0) is 14.9 Å². The van der Waals surface area contributed by atoms with E-state index in [1.807, 2.05) is 18.7 Å². The van der Waals surface area contributed by atoms with Gasteiger partial charge in [-0.05, 0) is 24.1 Å². The van der Waals surface area contributed by atoms with Gasteiger partial charge in [-0.15, -0.1) is 0 Å². The predicted octanol–water partition coefficient (Wildman–Crippen LogP) is 2.21. The molecule has 0 saturated carbocycles. The van der Waals surface area contributed by atoms with Crippen LogP contribution < -0.4 is 4.89 Å². The van der Waals surface area contributed by atoms with Crippen LogP contribution in [0.1, 0.15) is 13.8 Å². The molecule has 0 bridgehead atoms. The van der Waals surface area contributed by atoms with E-state index in [0.717, 1.165) is 0 Å². The Morgan fingerprint density at radius 1 is 1.44 bits per heavy atom. The molecule has 0 heterocycles. The Bertz CT molecular complexity index is 445. The summed E-state index contributed by atoms with van der Waals surface area (Å²) < 4.78 is 23.3. The molecule has 0 fully saturated rings. The van der Waals surface area contributed by atoms with Gasteiger partial charge in [-0.25, -0.2) is 8.42 Å². The van der Waals surface area contributed by atoms with Crippen molar-refractivity contribution in [3.05, 3.63) is 29.3 Å². The fourth-order valence-electron chi connectivity index (χ4n) is 0.961. The van der Waals surface area contributed by atoms with Crippen molar-refractivity contribution < 1.29 is 13.3 Å². The minimum atomic E-state index is -3.64. The second-order valence-electron chi connectivity index (χ2n) is 3.75. The molecule has 1 N–H and O–H groups in total. The van der Waals surface area contributed by atoms with Crippen molar-refractivity contribution >= 4 is 21.6 Å². The summed E-state index contributed by atoms with van der Waals surface area (Å²) in [6.45, 7) is 4.17. The number of hydrogen-bond donors (Lipinski definition) is 1. The molecular weight excluding hydrogens is 250 g/mol. The summed E-state index contributed by atoms with van der Waals surface area (Å²) in [5.74, 6) is 0.252. The number of benzene rings is 1. The van der Waals surface area contributed by atoms with Crippen molar-refractivity contribution in [1.82, 2.24) is 4.89 Å². The molecule has 0 radical (unpaired) electrons. The summed E-state index contributed by atoms with van der Waals surface area (Å²) in [7, 11) is -3.64. The zero-order chi connectivity index (χ0) is 12.2. The van der Waals surface area contributed by atoms with Gasteiger partial charge in [0.15, 0.2) is 0 Å². The Balaban J connectivity index is 2.71. The minimum absolute atomic E-state index is 0.0868. The topological polar surface area (TPSA) is 55.4 Å². The molecule has 0 atom stereocenters. The lowest BCUT2D eigenvalue weighted by atomic mass is 10.2. The first-order valence-electron chi connectivity index (χ1n) is 4.81. The van der Waals surface area contributed by atoms with E-state index in [1.54, 1.807) is 12.1 Å². The zero-order valence-corrected chi connectivity index (χ0v) is 10.7. The highest BCUT2D eigenvalue weighted by Crippen LogP contribution is 2.15. The fourth-order valence-corrected chi connectivity index (χ4v) is 2.07. The maximum Gasteiger partial charge on any atom is 0.262 e. The Hall–Kier alpha value is -0.620. The van der Waals surface area contributed by atoms with E-state index in [0.29, 0.717) is 11.6 Å². The monoisotopic (exact) mass is 263 g/mol. The average molecular weight is 264 g/mol. The van der Waals surface area contributed by atoms with Crippen molar-refractivity contribution in [3.63, 3.8) is 0 Å². The van der Waals surface area contributed by atoms with Crippen LogP contribution in [0.25, 0.3) is 0 Å². The van der Waals surface area contributed by atoms with Gasteiger partial charge in [0.05, 0.1) is 11.5 Å². The largest absolute Gasteiger partial charge is 0.287 e. The molecule has 1 aromatic carbocycles. The highest BCUT2D eigenvalue weighted by molar-refractivity contribution is 7.89. The van der Waals surface area contributed by atoms with Crippen molar-refractivity contribution in [2.24, 2.45) is 5.92 Å². The molecule has 1 aromatic rings. The third kappa shape index (κ3) is 4.09. The van der Waals surface area contributed by atoms with Crippen molar-refractivity contribution in [3.8, 4) is 0 Å². The van der Waals surface area contributed by atoms with Gasteiger partial charge in [-0.2, -0.15) is 0 Å². The fraction of sp³-hybridized carbons (Fsp3) is 0.400. The van der Waals surface area contributed by atoms with Crippen LogP contribution in [0.4, 0.5) is 0 Å². The molecule has 0 aliphatic rings. The van der Waals surface area contributed by atoms with E-state index in [-0.39, 0.29) is 10.8 Å². The lowest BCUT2D eigenvalue weighted by molar-refractivity contribution is 0.0719. The molecular formula is C10H14ClNO3S. The molecule has 0 saturated heterocycles. The summed E-state index contributed by atoms with van der Waals surface area (Å²) >= 11 is 5.70. The van der Waals surface area contributed by atoms with Crippen molar-refractivity contribution in [2.75, 3.05) is 6.61 Å². The van der Waals surface area contributed by atoms with E-state index in [4.69, 9.17) is 16.4 Å². The third-order valence-electron chi connectivity index (χ3n) is 1.69. The standard InChI is InChI=1S/C10H14ClNO3S/c1-8(2)7-15-12-16(13,14)10-5-3-4-9(11)6-10/h3-6,8,12H,7H2,1-2H3. The van der Waals surface area contributed by atoms with Crippen LogP contribution in [0.5, 0.6) is 0 Å². The van der Waals surface area contributed by atoms with Gasteiger partial charge < -0.3 is 0 Å². The first-order chi connectivity index (χ1) is 7.42. The number of sulfonamides is 1. The smallest absolute Gasteiger partial charge is 0.262 e. The highest BCUT2D eigenvalue weighted by Gasteiger charge is 2.14. The number of halogens is 1. The minimum Gasteiger partial charge on any atom is -0.287 e. The van der Waals surface area contributed by atoms with Crippen LogP contribution >= 0.6 is 11.6 Å². The second kappa shape index (κ2) is 5.63. The van der Waals surface area contributed by atoms with Gasteiger partial charge in [0.1, 0.15) is 0 Å². The van der Waals surface area contributed by atoms with E-state index >= 15 is 0 Å². The molecule has 0 unspecified atom stereocenters. The first-order valence-corrected chi connectivity index (χ1v) is 6.67. The maximum atomic E-state index is 11.7. The van der Waals surface area contributed by atoms with Gasteiger partial charge in [0, 0.05) is 5.02 Å². The van der Waals surface area contributed by atoms with E-state index in [9.17, 15) is 8.42 Å². The van der Waals surface area contributed by atoms with E-state index < -0.39 is 10.0 Å². The Kier molecular flexibility index (Phi) is 4.73. The summed E-state index contributed by atoms with van der Waals surface area (Å²) in [4.78, 5) is 7.01. The van der Waals surface area contributed by atoms with Gasteiger partial charge in [-0.1, -0.05) is 36.4 Å². The van der Waals surface area contributed by atoms with Crippen LogP contribution in [0.3, 0.4) is 0 Å².